The van der Waals surface area contributed by atoms with E-state index in [0.29, 0.717) is 6.54 Å². The van der Waals surface area contributed by atoms with Gasteiger partial charge >= 0.3 is 0 Å². The van der Waals surface area contributed by atoms with Gasteiger partial charge in [0.15, 0.2) is 5.82 Å². The van der Waals surface area contributed by atoms with Gasteiger partial charge in [-0.3, -0.25) is 4.79 Å². The summed E-state index contributed by atoms with van der Waals surface area (Å²) in [6.07, 6.45) is 11.6. The van der Waals surface area contributed by atoms with E-state index < -0.39 is 0 Å². The fraction of sp³-hybridized carbons (Fsp3) is 0.440. The lowest BCUT2D eigenvalue weighted by molar-refractivity contribution is -0.125. The average Bonchev–Trinajstić information content (AvgIpc) is 3.54. The summed E-state index contributed by atoms with van der Waals surface area (Å²) in [5, 5.41) is 3.14. The standard InChI is InChI=1S/C25H30N6O/c32-25(27-12-6-14-30-16-13-26-18-30)20-9-5-15-31(17-20)24-21-10-4-11-22(21)28-23(29-24)19-7-2-1-3-8-19/h1-3,7-8,13,16,18,20H,4-6,9-12,14-15,17H2,(H,27,32)/t20-/m1/s1. The van der Waals surface area contributed by atoms with Crippen molar-refractivity contribution in [3.63, 3.8) is 0 Å². The minimum Gasteiger partial charge on any atom is -0.356 e. The van der Waals surface area contributed by atoms with E-state index in [2.05, 4.69) is 27.3 Å². The van der Waals surface area contributed by atoms with Gasteiger partial charge in [0.2, 0.25) is 5.91 Å². The number of hydrogen-bond donors (Lipinski definition) is 1. The van der Waals surface area contributed by atoms with Crippen LogP contribution in [-0.4, -0.2) is 45.1 Å². The largest absolute Gasteiger partial charge is 0.356 e. The van der Waals surface area contributed by atoms with Crippen LogP contribution in [0.15, 0.2) is 49.1 Å². The van der Waals surface area contributed by atoms with E-state index in [4.69, 9.17) is 9.97 Å². The zero-order valence-corrected chi connectivity index (χ0v) is 18.4. The van der Waals surface area contributed by atoms with Crippen LogP contribution in [0, 0.1) is 5.92 Å². The van der Waals surface area contributed by atoms with E-state index in [0.717, 1.165) is 75.4 Å². The van der Waals surface area contributed by atoms with Crippen molar-refractivity contribution >= 4 is 11.7 Å². The van der Waals surface area contributed by atoms with Gasteiger partial charge in [-0.05, 0) is 38.5 Å². The van der Waals surface area contributed by atoms with Gasteiger partial charge in [0, 0.05) is 55.4 Å². The van der Waals surface area contributed by atoms with Gasteiger partial charge in [-0.15, -0.1) is 0 Å². The molecule has 1 aliphatic heterocycles. The molecule has 3 aromatic rings. The maximum atomic E-state index is 12.9. The average molecular weight is 431 g/mol. The molecule has 166 valence electrons. The monoisotopic (exact) mass is 430 g/mol. The van der Waals surface area contributed by atoms with Crippen molar-refractivity contribution in [2.45, 2.75) is 45.1 Å². The van der Waals surface area contributed by atoms with Crippen LogP contribution in [0.1, 0.15) is 36.9 Å². The molecular formula is C25H30N6O. The maximum Gasteiger partial charge on any atom is 0.224 e. The van der Waals surface area contributed by atoms with Crippen LogP contribution in [-0.2, 0) is 24.2 Å². The SMILES string of the molecule is O=C(NCCCn1ccnc1)[C@@H]1CCCN(c2nc(-c3ccccc3)nc3c2CCC3)C1. The van der Waals surface area contributed by atoms with Gasteiger partial charge in [0.1, 0.15) is 5.82 Å². The van der Waals surface area contributed by atoms with Crippen LogP contribution in [0.25, 0.3) is 11.4 Å². The number of carbonyl (C=O) groups is 1. The second kappa shape index (κ2) is 9.51. The predicted octanol–water partition coefficient (Wildman–Crippen LogP) is 3.25. The van der Waals surface area contributed by atoms with Gasteiger partial charge < -0.3 is 14.8 Å². The third-order valence-corrected chi connectivity index (χ3v) is 6.49. The minimum atomic E-state index is 0.00388. The highest BCUT2D eigenvalue weighted by Crippen LogP contribution is 2.33. The lowest BCUT2D eigenvalue weighted by atomic mass is 9.96. The number of aryl methyl sites for hydroxylation is 2. The molecule has 0 saturated carbocycles. The highest BCUT2D eigenvalue weighted by molar-refractivity contribution is 5.79. The normalized spacial score (nSPS) is 17.9. The third-order valence-electron chi connectivity index (χ3n) is 6.49. The summed E-state index contributed by atoms with van der Waals surface area (Å²) in [5.74, 6) is 2.01. The zero-order valence-electron chi connectivity index (χ0n) is 18.4. The van der Waals surface area contributed by atoms with E-state index in [1.807, 2.05) is 35.3 Å². The summed E-state index contributed by atoms with van der Waals surface area (Å²) >= 11 is 0. The Morgan fingerprint density at radius 1 is 1.12 bits per heavy atom. The molecule has 3 heterocycles. The van der Waals surface area contributed by atoms with E-state index in [1.54, 1.807) is 6.20 Å². The molecule has 1 N–H and O–H groups in total. The highest BCUT2D eigenvalue weighted by Gasteiger charge is 2.30. The lowest BCUT2D eigenvalue weighted by Crippen LogP contribution is -2.44. The second-order valence-corrected chi connectivity index (χ2v) is 8.75. The molecule has 32 heavy (non-hydrogen) atoms. The Labute approximate surface area is 188 Å². The number of carbonyl (C=O) groups excluding carboxylic acids is 1. The molecule has 0 bridgehead atoms. The molecular weight excluding hydrogens is 400 g/mol. The number of imidazole rings is 1. The highest BCUT2D eigenvalue weighted by atomic mass is 16.1. The fourth-order valence-corrected chi connectivity index (χ4v) is 4.81. The summed E-state index contributed by atoms with van der Waals surface area (Å²) in [6.45, 7) is 3.23. The summed E-state index contributed by atoms with van der Waals surface area (Å²) < 4.78 is 2.04. The van der Waals surface area contributed by atoms with E-state index in [9.17, 15) is 4.79 Å². The topological polar surface area (TPSA) is 75.9 Å². The molecule has 0 radical (unpaired) electrons. The molecule has 0 unspecified atom stereocenters. The molecule has 1 aliphatic carbocycles. The van der Waals surface area contributed by atoms with Crippen LogP contribution in [0.5, 0.6) is 0 Å². The van der Waals surface area contributed by atoms with Gasteiger partial charge in [-0.25, -0.2) is 15.0 Å². The number of nitrogens with zero attached hydrogens (tertiary/aromatic N) is 5. The fourth-order valence-electron chi connectivity index (χ4n) is 4.81. The zero-order chi connectivity index (χ0) is 21.8. The summed E-state index contributed by atoms with van der Waals surface area (Å²) in [7, 11) is 0. The number of benzene rings is 1. The van der Waals surface area contributed by atoms with Gasteiger partial charge in [-0.2, -0.15) is 0 Å². The van der Waals surface area contributed by atoms with Crippen molar-refractivity contribution in [1.29, 1.82) is 0 Å². The molecule has 1 saturated heterocycles. The molecule has 7 nitrogen and oxygen atoms in total. The Bertz CT molecular complexity index is 1050. The quantitative estimate of drug-likeness (QED) is 0.583. The number of amides is 1. The van der Waals surface area contributed by atoms with Crippen LogP contribution in [0.2, 0.25) is 0 Å². The number of piperidine rings is 1. The molecule has 0 spiro atoms. The first-order valence-electron chi connectivity index (χ1n) is 11.7. The number of aromatic nitrogens is 4. The number of nitrogens with one attached hydrogen (secondary N) is 1. The summed E-state index contributed by atoms with van der Waals surface area (Å²) in [4.78, 5) is 29.1. The van der Waals surface area contributed by atoms with Crippen molar-refractivity contribution < 1.29 is 4.79 Å². The van der Waals surface area contributed by atoms with E-state index in [1.165, 1.54) is 11.3 Å². The third kappa shape index (κ3) is 4.52. The minimum absolute atomic E-state index is 0.00388. The number of fused-ring (bicyclic) bond motifs is 1. The first-order valence-corrected chi connectivity index (χ1v) is 11.7. The van der Waals surface area contributed by atoms with Crippen LogP contribution in [0.3, 0.4) is 0 Å². The van der Waals surface area contributed by atoms with Crippen molar-refractivity contribution in [2.24, 2.45) is 5.92 Å². The first kappa shape index (κ1) is 20.7. The Morgan fingerprint density at radius 2 is 2.03 bits per heavy atom. The molecule has 1 amide bonds. The molecule has 1 fully saturated rings. The van der Waals surface area contributed by atoms with Crippen LogP contribution < -0.4 is 10.2 Å². The number of rotatable bonds is 7. The molecule has 2 aliphatic rings. The van der Waals surface area contributed by atoms with Crippen molar-refractivity contribution in [3.05, 3.63) is 60.3 Å². The maximum absolute atomic E-state index is 12.9. The molecule has 7 heteroatoms. The first-order chi connectivity index (χ1) is 15.8. The molecule has 1 aromatic carbocycles. The summed E-state index contributed by atoms with van der Waals surface area (Å²) in [6, 6.07) is 10.2. The van der Waals surface area contributed by atoms with E-state index in [-0.39, 0.29) is 11.8 Å². The van der Waals surface area contributed by atoms with Gasteiger partial charge in [0.25, 0.3) is 0 Å². The lowest BCUT2D eigenvalue weighted by Gasteiger charge is -2.34. The van der Waals surface area contributed by atoms with Crippen molar-refractivity contribution in [1.82, 2.24) is 24.8 Å². The van der Waals surface area contributed by atoms with Crippen molar-refractivity contribution in [3.8, 4) is 11.4 Å². The smallest absolute Gasteiger partial charge is 0.224 e. The summed E-state index contributed by atoms with van der Waals surface area (Å²) in [5.41, 5.74) is 3.51. The number of anilines is 1. The molecule has 1 atom stereocenters. The Balaban J connectivity index is 1.27. The molecule has 5 rings (SSSR count). The Morgan fingerprint density at radius 3 is 2.88 bits per heavy atom. The Hall–Kier alpha value is -3.22. The van der Waals surface area contributed by atoms with Gasteiger partial charge in [-0.1, -0.05) is 30.3 Å². The number of hydrogen-bond acceptors (Lipinski definition) is 5. The van der Waals surface area contributed by atoms with E-state index >= 15 is 0 Å². The molecule has 2 aromatic heterocycles. The predicted molar refractivity (Wildman–Crippen MR) is 124 cm³/mol. The van der Waals surface area contributed by atoms with Crippen LogP contribution >= 0.6 is 0 Å². The van der Waals surface area contributed by atoms with Gasteiger partial charge in [0.05, 0.1) is 12.2 Å². The van der Waals surface area contributed by atoms with Crippen LogP contribution in [0.4, 0.5) is 5.82 Å². The van der Waals surface area contributed by atoms with Crippen molar-refractivity contribution in [2.75, 3.05) is 24.5 Å². The second-order valence-electron chi connectivity index (χ2n) is 8.75. The Kier molecular flexibility index (Phi) is 6.14.